The van der Waals surface area contributed by atoms with Gasteiger partial charge in [0.1, 0.15) is 18.0 Å². The Bertz CT molecular complexity index is 704. The van der Waals surface area contributed by atoms with Gasteiger partial charge in [0.15, 0.2) is 6.23 Å². The maximum atomic E-state index is 13.1. The molecule has 0 amide bonds. The lowest BCUT2D eigenvalue weighted by atomic mass is 10.1. The fourth-order valence-corrected chi connectivity index (χ4v) is 2.20. The van der Waals surface area contributed by atoms with E-state index in [1.807, 2.05) is 0 Å². The van der Waals surface area contributed by atoms with Gasteiger partial charge in [-0.25, -0.2) is 9.18 Å². The summed E-state index contributed by atoms with van der Waals surface area (Å²) in [5.74, 6) is 5.31. The average Bonchev–Trinajstić information content (AvgIpc) is 2.79. The molecule has 8 heteroatoms. The van der Waals surface area contributed by atoms with Crippen LogP contribution >= 0.6 is 0 Å². The van der Waals surface area contributed by atoms with Gasteiger partial charge in [-0.1, -0.05) is 5.92 Å². The molecule has 22 heavy (non-hydrogen) atoms. The number of hydrogen-bond donors (Lipinski definition) is 2. The van der Waals surface area contributed by atoms with E-state index in [-0.39, 0.29) is 24.3 Å². The van der Waals surface area contributed by atoms with E-state index in [9.17, 15) is 14.3 Å². The van der Waals surface area contributed by atoms with Crippen LogP contribution in [0.25, 0.3) is 0 Å². The molecule has 1 fully saturated rings. The maximum absolute atomic E-state index is 13.1. The fourth-order valence-electron chi connectivity index (χ4n) is 2.20. The molecule has 1 aliphatic heterocycles. The Morgan fingerprint density at radius 1 is 1.68 bits per heavy atom. The van der Waals surface area contributed by atoms with Crippen LogP contribution in [0.5, 0.6) is 0 Å². The van der Waals surface area contributed by atoms with Gasteiger partial charge in [-0.15, -0.1) is 5.92 Å². The second-order valence-corrected chi connectivity index (χ2v) is 4.64. The van der Waals surface area contributed by atoms with Gasteiger partial charge in [0, 0.05) is 18.9 Å². The number of ether oxygens (including phenoxy) is 2. The van der Waals surface area contributed by atoms with Gasteiger partial charge in [-0.2, -0.15) is 4.98 Å². The van der Waals surface area contributed by atoms with Crippen LogP contribution in [0.3, 0.4) is 0 Å². The minimum Gasteiger partial charge on any atom is -0.386 e. The largest absolute Gasteiger partial charge is 0.386 e. The van der Waals surface area contributed by atoms with E-state index in [0.29, 0.717) is 5.56 Å². The molecule has 0 aromatic carbocycles. The third kappa shape index (κ3) is 2.87. The number of halogens is 1. The summed E-state index contributed by atoms with van der Waals surface area (Å²) in [7, 11) is 1.42. The van der Waals surface area contributed by atoms with E-state index in [1.165, 1.54) is 13.3 Å². The lowest BCUT2D eigenvalue weighted by Crippen LogP contribution is -2.29. The predicted octanol–water partition coefficient (Wildman–Crippen LogP) is -0.0450. The summed E-state index contributed by atoms with van der Waals surface area (Å²) in [6.07, 6.45) is -1.59. The molecular formula is C14H16FN3O4. The third-order valence-electron chi connectivity index (χ3n) is 3.23. The SMILES string of the molecule is CC#Cc1cn(C2OC(COC)C(O)/C2=C\F)c(=O)nc1N. The van der Waals surface area contributed by atoms with Crippen LogP contribution in [0.1, 0.15) is 18.7 Å². The number of anilines is 1. The predicted molar refractivity (Wildman–Crippen MR) is 76.4 cm³/mol. The Labute approximate surface area is 126 Å². The first-order valence-corrected chi connectivity index (χ1v) is 6.47. The number of rotatable bonds is 3. The van der Waals surface area contributed by atoms with Crippen molar-refractivity contribution >= 4 is 5.82 Å². The summed E-state index contributed by atoms with van der Waals surface area (Å²) in [6.45, 7) is 1.65. The van der Waals surface area contributed by atoms with Gasteiger partial charge < -0.3 is 20.3 Å². The normalized spacial score (nSPS) is 26.0. The smallest absolute Gasteiger partial charge is 0.351 e. The topological polar surface area (TPSA) is 99.6 Å². The number of aliphatic hydroxyl groups excluding tert-OH is 1. The maximum Gasteiger partial charge on any atom is 0.351 e. The second kappa shape index (κ2) is 6.70. The molecule has 2 heterocycles. The third-order valence-corrected chi connectivity index (χ3v) is 3.23. The molecule has 1 aromatic heterocycles. The summed E-state index contributed by atoms with van der Waals surface area (Å²) < 4.78 is 24.6. The van der Waals surface area contributed by atoms with Crippen LogP contribution in [0.15, 0.2) is 22.9 Å². The van der Waals surface area contributed by atoms with Crippen molar-refractivity contribution < 1.29 is 19.0 Å². The molecule has 1 aromatic rings. The zero-order valence-corrected chi connectivity index (χ0v) is 12.1. The van der Waals surface area contributed by atoms with E-state index >= 15 is 0 Å². The van der Waals surface area contributed by atoms with Crippen molar-refractivity contribution in [1.29, 1.82) is 0 Å². The van der Waals surface area contributed by atoms with Crippen molar-refractivity contribution in [1.82, 2.24) is 9.55 Å². The first-order chi connectivity index (χ1) is 10.5. The van der Waals surface area contributed by atoms with E-state index < -0.39 is 24.1 Å². The average molecular weight is 309 g/mol. The van der Waals surface area contributed by atoms with Crippen LogP contribution in [-0.4, -0.2) is 40.6 Å². The van der Waals surface area contributed by atoms with Crippen molar-refractivity contribution in [2.75, 3.05) is 19.5 Å². The molecule has 1 aliphatic rings. The number of hydrogen-bond acceptors (Lipinski definition) is 6. The Kier molecular flexibility index (Phi) is 4.92. The standard InChI is InChI=1S/C14H16FN3O4/c1-3-4-8-6-18(14(20)17-12(8)16)13-9(5-15)11(19)10(22-13)7-21-2/h5-6,10-11,13,19H,7H2,1-2H3,(H2,16,17,20)/b9-5+. The van der Waals surface area contributed by atoms with Crippen LogP contribution in [-0.2, 0) is 9.47 Å². The number of methoxy groups -OCH3 is 1. The Morgan fingerprint density at radius 3 is 3.00 bits per heavy atom. The molecule has 0 radical (unpaired) electrons. The number of nitrogen functional groups attached to an aromatic ring is 1. The Hall–Kier alpha value is -2.21. The monoisotopic (exact) mass is 309 g/mol. The summed E-state index contributed by atoms with van der Waals surface area (Å²) >= 11 is 0. The Balaban J connectivity index is 2.48. The molecular weight excluding hydrogens is 293 g/mol. The van der Waals surface area contributed by atoms with Crippen molar-refractivity contribution in [3.63, 3.8) is 0 Å². The molecule has 0 aliphatic carbocycles. The highest BCUT2D eigenvalue weighted by atomic mass is 19.1. The highest BCUT2D eigenvalue weighted by molar-refractivity contribution is 5.48. The van der Waals surface area contributed by atoms with Crippen molar-refractivity contribution in [2.24, 2.45) is 0 Å². The molecule has 2 rings (SSSR count). The van der Waals surface area contributed by atoms with Crippen LogP contribution in [0.2, 0.25) is 0 Å². The van der Waals surface area contributed by atoms with E-state index in [1.54, 1.807) is 6.92 Å². The number of aliphatic hydroxyl groups is 1. The molecule has 1 saturated heterocycles. The number of nitrogens with two attached hydrogens (primary N) is 1. The van der Waals surface area contributed by atoms with Gasteiger partial charge in [0.2, 0.25) is 0 Å². The van der Waals surface area contributed by atoms with Gasteiger partial charge in [0.25, 0.3) is 0 Å². The van der Waals surface area contributed by atoms with Crippen molar-refractivity contribution in [3.05, 3.63) is 34.1 Å². The summed E-state index contributed by atoms with van der Waals surface area (Å²) in [5.41, 5.74) is 5.11. The van der Waals surface area contributed by atoms with Gasteiger partial charge in [-0.3, -0.25) is 4.57 Å². The lowest BCUT2D eigenvalue weighted by Gasteiger charge is -2.16. The molecule has 7 nitrogen and oxygen atoms in total. The van der Waals surface area contributed by atoms with Gasteiger partial charge in [-0.05, 0) is 6.92 Å². The van der Waals surface area contributed by atoms with Crippen LogP contribution in [0.4, 0.5) is 10.2 Å². The minimum atomic E-state index is -1.22. The van der Waals surface area contributed by atoms with Crippen LogP contribution in [0, 0.1) is 11.8 Å². The van der Waals surface area contributed by atoms with E-state index in [0.717, 1.165) is 4.57 Å². The van der Waals surface area contributed by atoms with Crippen LogP contribution < -0.4 is 11.4 Å². The molecule has 0 bridgehead atoms. The number of aromatic nitrogens is 2. The first-order valence-electron chi connectivity index (χ1n) is 6.47. The first kappa shape index (κ1) is 16.2. The van der Waals surface area contributed by atoms with Gasteiger partial charge >= 0.3 is 5.69 Å². The summed E-state index contributed by atoms with van der Waals surface area (Å²) in [5, 5.41) is 10.0. The lowest BCUT2D eigenvalue weighted by molar-refractivity contribution is -0.0537. The molecule has 0 saturated carbocycles. The van der Waals surface area contributed by atoms with E-state index in [4.69, 9.17) is 15.2 Å². The summed E-state index contributed by atoms with van der Waals surface area (Å²) in [6, 6.07) is 0. The molecule has 118 valence electrons. The van der Waals surface area contributed by atoms with Gasteiger partial charge in [0.05, 0.1) is 18.5 Å². The Morgan fingerprint density at radius 2 is 2.41 bits per heavy atom. The second-order valence-electron chi connectivity index (χ2n) is 4.64. The summed E-state index contributed by atoms with van der Waals surface area (Å²) in [4.78, 5) is 15.6. The highest BCUT2D eigenvalue weighted by Crippen LogP contribution is 2.33. The van der Waals surface area contributed by atoms with E-state index in [2.05, 4.69) is 16.8 Å². The molecule has 3 atom stereocenters. The minimum absolute atomic E-state index is 0.0200. The molecule has 3 unspecified atom stereocenters. The van der Waals surface area contributed by atoms with Crippen molar-refractivity contribution in [2.45, 2.75) is 25.4 Å². The molecule has 3 N–H and O–H groups in total. The van der Waals surface area contributed by atoms with Crippen molar-refractivity contribution in [3.8, 4) is 11.8 Å². The molecule has 0 spiro atoms. The zero-order valence-electron chi connectivity index (χ0n) is 12.1. The quantitative estimate of drug-likeness (QED) is 0.760. The zero-order chi connectivity index (χ0) is 16.3. The highest BCUT2D eigenvalue weighted by Gasteiger charge is 2.40. The number of nitrogens with zero attached hydrogens (tertiary/aromatic N) is 2. The fraction of sp³-hybridized carbons (Fsp3) is 0.429.